The number of benzene rings is 2. The van der Waals surface area contributed by atoms with Crippen LogP contribution in [-0.4, -0.2) is 16.1 Å². The summed E-state index contributed by atoms with van der Waals surface area (Å²) in [5, 5.41) is 11.2. The molecule has 0 bridgehead atoms. The number of aryl methyl sites for hydroxylation is 1. The second-order valence-corrected chi connectivity index (χ2v) is 8.52. The second-order valence-electron chi connectivity index (χ2n) is 5.40. The van der Waals surface area contributed by atoms with Crippen LogP contribution in [0.4, 0.5) is 9.52 Å². The largest absolute Gasteiger partial charge is 0.296 e. The summed E-state index contributed by atoms with van der Waals surface area (Å²) in [7, 11) is 0. The van der Waals surface area contributed by atoms with E-state index in [0.29, 0.717) is 30.8 Å². The maximum Gasteiger partial charge on any atom is 0.257 e. The Labute approximate surface area is 167 Å². The van der Waals surface area contributed by atoms with Gasteiger partial charge < -0.3 is 0 Å². The van der Waals surface area contributed by atoms with Gasteiger partial charge in [0.2, 0.25) is 5.13 Å². The Morgan fingerprint density at radius 2 is 2.00 bits per heavy atom. The summed E-state index contributed by atoms with van der Waals surface area (Å²) >= 11 is 5.89. The van der Waals surface area contributed by atoms with E-state index in [9.17, 15) is 9.18 Å². The van der Waals surface area contributed by atoms with Gasteiger partial charge in [0, 0.05) is 15.8 Å². The van der Waals surface area contributed by atoms with E-state index in [-0.39, 0.29) is 11.7 Å². The average molecular weight is 452 g/mol. The third kappa shape index (κ3) is 4.90. The van der Waals surface area contributed by atoms with Gasteiger partial charge in [-0.15, -0.1) is 10.2 Å². The first-order valence-corrected chi connectivity index (χ1v) is 10.4. The van der Waals surface area contributed by atoms with Crippen molar-refractivity contribution in [2.45, 2.75) is 23.4 Å². The Balaban J connectivity index is 1.59. The average Bonchev–Trinajstić information content (AvgIpc) is 3.08. The molecule has 0 aliphatic heterocycles. The van der Waals surface area contributed by atoms with Crippen LogP contribution in [0.1, 0.15) is 28.4 Å². The van der Waals surface area contributed by atoms with Gasteiger partial charge in [-0.2, -0.15) is 0 Å². The van der Waals surface area contributed by atoms with Gasteiger partial charge in [0.15, 0.2) is 4.34 Å². The summed E-state index contributed by atoms with van der Waals surface area (Å²) in [5.41, 5.74) is 2.34. The molecule has 26 heavy (non-hydrogen) atoms. The van der Waals surface area contributed by atoms with Crippen LogP contribution in [0.5, 0.6) is 0 Å². The van der Waals surface area contributed by atoms with E-state index in [0.717, 1.165) is 6.42 Å². The molecule has 2 aromatic carbocycles. The highest BCUT2D eigenvalue weighted by Crippen LogP contribution is 2.29. The molecular formula is C18H15BrFN3OS2. The number of aromatic nitrogens is 2. The molecule has 3 rings (SSSR count). The number of carbonyl (C=O) groups excluding carboxylic acids is 1. The highest BCUT2D eigenvalue weighted by atomic mass is 79.9. The first kappa shape index (κ1) is 19.0. The van der Waals surface area contributed by atoms with Crippen LogP contribution in [0, 0.1) is 5.82 Å². The molecule has 1 heterocycles. The van der Waals surface area contributed by atoms with Gasteiger partial charge in [0.1, 0.15) is 5.82 Å². The van der Waals surface area contributed by atoms with Crippen molar-refractivity contribution >= 4 is 50.1 Å². The summed E-state index contributed by atoms with van der Waals surface area (Å²) in [6.07, 6.45) is 0.928. The fourth-order valence-electron chi connectivity index (χ4n) is 2.16. The lowest BCUT2D eigenvalue weighted by Gasteiger charge is -2.02. The predicted octanol–water partition coefficient (Wildman–Crippen LogP) is 5.55. The van der Waals surface area contributed by atoms with E-state index in [1.54, 1.807) is 24.3 Å². The highest BCUT2D eigenvalue weighted by Gasteiger charge is 2.11. The SMILES string of the molecule is CCc1ccc(C(=O)Nc2nnc(SCc3ccc(Br)cc3F)s2)cc1. The minimum absolute atomic E-state index is 0.223. The Kier molecular flexibility index (Phi) is 6.39. The summed E-state index contributed by atoms with van der Waals surface area (Å²) in [5.74, 6) is -0.0417. The highest BCUT2D eigenvalue weighted by molar-refractivity contribution is 9.10. The number of carbonyl (C=O) groups is 1. The zero-order valence-corrected chi connectivity index (χ0v) is 17.0. The van der Waals surface area contributed by atoms with Crippen molar-refractivity contribution in [2.24, 2.45) is 0 Å². The topological polar surface area (TPSA) is 54.9 Å². The number of nitrogens with zero attached hydrogens (tertiary/aromatic N) is 2. The lowest BCUT2D eigenvalue weighted by atomic mass is 10.1. The molecule has 4 nitrogen and oxygen atoms in total. The molecule has 0 saturated carbocycles. The van der Waals surface area contributed by atoms with Crippen LogP contribution in [0.3, 0.4) is 0 Å². The number of hydrogen-bond acceptors (Lipinski definition) is 5. The Hall–Kier alpha value is -1.77. The standard InChI is InChI=1S/C18H15BrFN3OS2/c1-2-11-3-5-12(6-4-11)16(24)21-17-22-23-18(26-17)25-10-13-7-8-14(19)9-15(13)20/h3-9H,2,10H2,1H3,(H,21,22,24). The monoisotopic (exact) mass is 451 g/mol. The minimum Gasteiger partial charge on any atom is -0.296 e. The molecule has 0 radical (unpaired) electrons. The lowest BCUT2D eigenvalue weighted by molar-refractivity contribution is 0.102. The third-order valence-corrected chi connectivity index (χ3v) is 6.13. The van der Waals surface area contributed by atoms with Crippen molar-refractivity contribution in [2.75, 3.05) is 5.32 Å². The van der Waals surface area contributed by atoms with Gasteiger partial charge in [0.25, 0.3) is 5.91 Å². The molecule has 0 aliphatic rings. The van der Waals surface area contributed by atoms with Crippen LogP contribution >= 0.6 is 39.0 Å². The van der Waals surface area contributed by atoms with Gasteiger partial charge in [-0.1, -0.05) is 64.2 Å². The van der Waals surface area contributed by atoms with Gasteiger partial charge in [-0.25, -0.2) is 4.39 Å². The number of anilines is 1. The number of thioether (sulfide) groups is 1. The number of hydrogen-bond donors (Lipinski definition) is 1. The molecule has 0 spiro atoms. The number of amides is 1. The van der Waals surface area contributed by atoms with Crippen LogP contribution in [0.25, 0.3) is 0 Å². The molecule has 0 unspecified atom stereocenters. The van der Waals surface area contributed by atoms with Gasteiger partial charge in [-0.3, -0.25) is 10.1 Å². The molecular weight excluding hydrogens is 437 g/mol. The van der Waals surface area contributed by atoms with Crippen LogP contribution < -0.4 is 5.32 Å². The second kappa shape index (κ2) is 8.75. The van der Waals surface area contributed by atoms with Crippen molar-refractivity contribution in [1.82, 2.24) is 10.2 Å². The van der Waals surface area contributed by atoms with Gasteiger partial charge in [-0.05, 0) is 41.8 Å². The Morgan fingerprint density at radius 1 is 1.23 bits per heavy atom. The van der Waals surface area contributed by atoms with Crippen molar-refractivity contribution in [3.05, 3.63) is 69.4 Å². The maximum absolute atomic E-state index is 13.8. The summed E-state index contributed by atoms with van der Waals surface area (Å²) < 4.78 is 15.2. The van der Waals surface area contributed by atoms with Crippen LogP contribution in [-0.2, 0) is 12.2 Å². The van der Waals surface area contributed by atoms with Gasteiger partial charge >= 0.3 is 0 Å². The molecule has 8 heteroatoms. The molecule has 0 atom stereocenters. The number of nitrogens with one attached hydrogen (secondary N) is 1. The van der Waals surface area contributed by atoms with Crippen molar-refractivity contribution < 1.29 is 9.18 Å². The first-order chi connectivity index (χ1) is 12.5. The lowest BCUT2D eigenvalue weighted by Crippen LogP contribution is -2.11. The summed E-state index contributed by atoms with van der Waals surface area (Å²) in [6, 6.07) is 12.4. The summed E-state index contributed by atoms with van der Waals surface area (Å²) in [4.78, 5) is 12.2. The molecule has 0 saturated heterocycles. The molecule has 3 aromatic rings. The van der Waals surface area contributed by atoms with Crippen molar-refractivity contribution in [3.63, 3.8) is 0 Å². The van der Waals surface area contributed by atoms with E-state index in [1.165, 1.54) is 34.7 Å². The van der Waals surface area contributed by atoms with Crippen molar-refractivity contribution in [3.8, 4) is 0 Å². The molecule has 134 valence electrons. The Bertz CT molecular complexity index is 915. The van der Waals surface area contributed by atoms with Crippen molar-refractivity contribution in [1.29, 1.82) is 0 Å². The predicted molar refractivity (Wildman–Crippen MR) is 107 cm³/mol. The van der Waals surface area contributed by atoms with Crippen LogP contribution in [0.2, 0.25) is 0 Å². The molecule has 1 aromatic heterocycles. The van der Waals surface area contributed by atoms with E-state index >= 15 is 0 Å². The van der Waals surface area contributed by atoms with E-state index in [1.807, 2.05) is 12.1 Å². The fraction of sp³-hybridized carbons (Fsp3) is 0.167. The smallest absolute Gasteiger partial charge is 0.257 e. The van der Waals surface area contributed by atoms with E-state index in [4.69, 9.17) is 0 Å². The molecule has 0 fully saturated rings. The van der Waals surface area contributed by atoms with E-state index < -0.39 is 0 Å². The molecule has 0 aliphatic carbocycles. The zero-order valence-electron chi connectivity index (χ0n) is 13.8. The number of rotatable bonds is 6. The molecule has 1 amide bonds. The zero-order chi connectivity index (χ0) is 18.5. The Morgan fingerprint density at radius 3 is 2.69 bits per heavy atom. The maximum atomic E-state index is 13.8. The first-order valence-electron chi connectivity index (χ1n) is 7.85. The fourth-order valence-corrected chi connectivity index (χ4v) is 4.22. The van der Waals surface area contributed by atoms with E-state index in [2.05, 4.69) is 38.4 Å². The minimum atomic E-state index is -0.263. The summed E-state index contributed by atoms with van der Waals surface area (Å²) in [6.45, 7) is 2.07. The van der Waals surface area contributed by atoms with Crippen LogP contribution in [0.15, 0.2) is 51.3 Å². The van der Waals surface area contributed by atoms with Gasteiger partial charge in [0.05, 0.1) is 0 Å². The normalized spacial score (nSPS) is 10.7. The quantitative estimate of drug-likeness (QED) is 0.394. The number of halogens is 2. The molecule has 1 N–H and O–H groups in total. The third-order valence-electron chi connectivity index (χ3n) is 3.62.